The second-order valence-electron chi connectivity index (χ2n) is 5.20. The van der Waals surface area contributed by atoms with Crippen LogP contribution in [0.25, 0.3) is 0 Å². The Hall–Kier alpha value is -1.75. The minimum Gasteiger partial charge on any atom is -0.491 e. The highest BCUT2D eigenvalue weighted by atomic mass is 16.5. The molecule has 1 aromatic rings. The maximum atomic E-state index is 12.2. The number of carbonyl (C=O) groups excluding carboxylic acids is 1. The van der Waals surface area contributed by atoms with Gasteiger partial charge in [-0.25, -0.2) is 0 Å². The van der Waals surface area contributed by atoms with Gasteiger partial charge in [0.1, 0.15) is 0 Å². The quantitative estimate of drug-likeness (QED) is 0.714. The molecule has 0 aliphatic heterocycles. The molecule has 1 aliphatic carbocycles. The lowest BCUT2D eigenvalue weighted by atomic mass is 10.1. The summed E-state index contributed by atoms with van der Waals surface area (Å²) in [5.41, 5.74) is 6.78. The number of aliphatic hydroxyl groups excluding tert-OH is 1. The third-order valence-electron chi connectivity index (χ3n) is 3.64. The molecule has 5 heteroatoms. The largest absolute Gasteiger partial charge is 0.491 e. The van der Waals surface area contributed by atoms with Crippen molar-refractivity contribution in [3.63, 3.8) is 0 Å². The highest BCUT2D eigenvalue weighted by molar-refractivity contribution is 5.98. The van der Waals surface area contributed by atoms with Gasteiger partial charge in [-0.2, -0.15) is 0 Å². The summed E-state index contributed by atoms with van der Waals surface area (Å²) in [5.74, 6) is 0.617. The maximum Gasteiger partial charge on any atom is 0.255 e. The highest BCUT2D eigenvalue weighted by Crippen LogP contribution is 2.27. The number of benzene rings is 1. The van der Waals surface area contributed by atoms with Crippen LogP contribution in [0.5, 0.6) is 5.75 Å². The van der Waals surface area contributed by atoms with E-state index in [2.05, 4.69) is 5.32 Å². The third kappa shape index (κ3) is 3.42. The molecule has 5 nitrogen and oxygen atoms in total. The molecule has 0 saturated heterocycles. The van der Waals surface area contributed by atoms with Gasteiger partial charge in [0.05, 0.1) is 24.0 Å². The summed E-state index contributed by atoms with van der Waals surface area (Å²) in [5, 5.41) is 12.4. The number of nitrogens with two attached hydrogens (primary N) is 1. The Morgan fingerprint density at radius 2 is 2.30 bits per heavy atom. The number of nitrogen functional groups attached to an aromatic ring is 1. The lowest BCUT2D eigenvalue weighted by Gasteiger charge is -2.14. The monoisotopic (exact) mass is 278 g/mol. The average Bonchev–Trinajstić information content (AvgIpc) is 2.84. The van der Waals surface area contributed by atoms with Crippen molar-refractivity contribution in [3.8, 4) is 5.75 Å². The summed E-state index contributed by atoms with van der Waals surface area (Å²) >= 11 is 0. The van der Waals surface area contributed by atoms with E-state index in [1.165, 1.54) is 0 Å². The van der Waals surface area contributed by atoms with Crippen molar-refractivity contribution in [2.75, 3.05) is 18.9 Å². The van der Waals surface area contributed by atoms with E-state index in [0.29, 0.717) is 36.1 Å². The molecule has 20 heavy (non-hydrogen) atoms. The summed E-state index contributed by atoms with van der Waals surface area (Å²) in [4.78, 5) is 12.2. The van der Waals surface area contributed by atoms with E-state index < -0.39 is 0 Å². The summed E-state index contributed by atoms with van der Waals surface area (Å²) in [6, 6.07) is 5.17. The van der Waals surface area contributed by atoms with Crippen molar-refractivity contribution in [3.05, 3.63) is 23.8 Å². The van der Waals surface area contributed by atoms with E-state index in [-0.39, 0.29) is 12.0 Å². The van der Waals surface area contributed by atoms with Crippen molar-refractivity contribution >= 4 is 11.6 Å². The Bertz CT molecular complexity index is 476. The van der Waals surface area contributed by atoms with Gasteiger partial charge in [-0.1, -0.05) is 6.07 Å². The lowest BCUT2D eigenvalue weighted by Crippen LogP contribution is -2.29. The molecular weight excluding hydrogens is 256 g/mol. The number of aliphatic hydroxyl groups is 1. The summed E-state index contributed by atoms with van der Waals surface area (Å²) < 4.78 is 5.45. The minimum absolute atomic E-state index is 0.179. The van der Waals surface area contributed by atoms with Crippen molar-refractivity contribution < 1.29 is 14.6 Å². The Morgan fingerprint density at radius 3 is 2.95 bits per heavy atom. The molecule has 2 unspecified atom stereocenters. The number of amides is 1. The average molecular weight is 278 g/mol. The summed E-state index contributed by atoms with van der Waals surface area (Å²) in [7, 11) is 0. The number of para-hydroxylation sites is 1. The molecule has 0 radical (unpaired) electrons. The topological polar surface area (TPSA) is 84.6 Å². The van der Waals surface area contributed by atoms with Gasteiger partial charge < -0.3 is 20.9 Å². The van der Waals surface area contributed by atoms with E-state index in [4.69, 9.17) is 10.5 Å². The minimum atomic E-state index is -0.219. The fourth-order valence-corrected chi connectivity index (χ4v) is 2.61. The van der Waals surface area contributed by atoms with Crippen LogP contribution in [0.4, 0.5) is 5.69 Å². The first kappa shape index (κ1) is 14.7. The van der Waals surface area contributed by atoms with Crippen molar-refractivity contribution in [1.82, 2.24) is 5.32 Å². The Morgan fingerprint density at radius 1 is 1.50 bits per heavy atom. The third-order valence-corrected chi connectivity index (χ3v) is 3.64. The normalized spacial score (nSPS) is 21.7. The number of nitrogens with one attached hydrogen (secondary N) is 1. The molecule has 0 aromatic heterocycles. The van der Waals surface area contributed by atoms with E-state index >= 15 is 0 Å². The van der Waals surface area contributed by atoms with Crippen LogP contribution in [0, 0.1) is 5.92 Å². The molecule has 1 saturated carbocycles. The standard InChI is InChI=1S/C15H22N2O3/c1-2-20-14-12(4-3-5-13(14)16)15(19)17-9-10-6-7-11(18)8-10/h3-5,10-11,18H,2,6-9,16H2,1H3,(H,17,19). The van der Waals surface area contributed by atoms with Crippen molar-refractivity contribution in [2.45, 2.75) is 32.3 Å². The first-order valence-corrected chi connectivity index (χ1v) is 7.09. The van der Waals surface area contributed by atoms with Crippen LogP contribution in [0.15, 0.2) is 18.2 Å². The smallest absolute Gasteiger partial charge is 0.255 e. The van der Waals surface area contributed by atoms with Crippen LogP contribution in [0.3, 0.4) is 0 Å². The van der Waals surface area contributed by atoms with Gasteiger partial charge in [-0.15, -0.1) is 0 Å². The van der Waals surface area contributed by atoms with Crippen LogP contribution in [-0.4, -0.2) is 30.3 Å². The van der Waals surface area contributed by atoms with Gasteiger partial charge in [0.15, 0.2) is 5.75 Å². The molecule has 1 fully saturated rings. The molecule has 0 heterocycles. The number of carbonyl (C=O) groups is 1. The fourth-order valence-electron chi connectivity index (χ4n) is 2.61. The number of hydrogen-bond acceptors (Lipinski definition) is 4. The molecule has 2 atom stereocenters. The lowest BCUT2D eigenvalue weighted by molar-refractivity contribution is 0.0941. The van der Waals surface area contributed by atoms with Crippen LogP contribution < -0.4 is 15.8 Å². The predicted octanol–water partition coefficient (Wildman–Crippen LogP) is 1.56. The van der Waals surface area contributed by atoms with Crippen molar-refractivity contribution in [2.24, 2.45) is 5.92 Å². The number of anilines is 1. The molecule has 4 N–H and O–H groups in total. The molecule has 1 aliphatic rings. The fraction of sp³-hybridized carbons (Fsp3) is 0.533. The van der Waals surface area contributed by atoms with Gasteiger partial charge in [0, 0.05) is 6.54 Å². The van der Waals surface area contributed by atoms with Crippen LogP contribution in [-0.2, 0) is 0 Å². The van der Waals surface area contributed by atoms with Gasteiger partial charge in [0.25, 0.3) is 5.91 Å². The van der Waals surface area contributed by atoms with Gasteiger partial charge in [0.2, 0.25) is 0 Å². The molecule has 1 aromatic carbocycles. The molecule has 0 spiro atoms. The maximum absolute atomic E-state index is 12.2. The van der Waals surface area contributed by atoms with Gasteiger partial charge in [-0.3, -0.25) is 4.79 Å². The molecular formula is C15H22N2O3. The summed E-state index contributed by atoms with van der Waals surface area (Å²) in [6.07, 6.45) is 2.32. The zero-order valence-electron chi connectivity index (χ0n) is 11.8. The van der Waals surface area contributed by atoms with Gasteiger partial charge in [-0.05, 0) is 44.2 Å². The van der Waals surface area contributed by atoms with Crippen LogP contribution in [0.1, 0.15) is 36.5 Å². The van der Waals surface area contributed by atoms with E-state index in [0.717, 1.165) is 19.3 Å². The Balaban J connectivity index is 2.00. The molecule has 2 rings (SSSR count). The van der Waals surface area contributed by atoms with Crippen molar-refractivity contribution in [1.29, 1.82) is 0 Å². The number of hydrogen-bond donors (Lipinski definition) is 3. The SMILES string of the molecule is CCOc1c(N)cccc1C(=O)NCC1CCC(O)C1. The molecule has 110 valence electrons. The highest BCUT2D eigenvalue weighted by Gasteiger charge is 2.23. The first-order chi connectivity index (χ1) is 9.61. The Kier molecular flexibility index (Phi) is 4.84. The summed E-state index contributed by atoms with van der Waals surface area (Å²) in [6.45, 7) is 2.90. The number of rotatable bonds is 5. The number of ether oxygens (including phenoxy) is 1. The zero-order valence-corrected chi connectivity index (χ0v) is 11.8. The molecule has 0 bridgehead atoms. The van der Waals surface area contributed by atoms with Crippen LogP contribution >= 0.6 is 0 Å². The van der Waals surface area contributed by atoms with E-state index in [9.17, 15) is 9.90 Å². The van der Waals surface area contributed by atoms with Gasteiger partial charge >= 0.3 is 0 Å². The zero-order chi connectivity index (χ0) is 14.5. The molecule has 1 amide bonds. The second kappa shape index (κ2) is 6.61. The van der Waals surface area contributed by atoms with Crippen LogP contribution in [0.2, 0.25) is 0 Å². The van der Waals surface area contributed by atoms with E-state index in [1.807, 2.05) is 6.92 Å². The second-order valence-corrected chi connectivity index (χ2v) is 5.20. The Labute approximate surface area is 119 Å². The first-order valence-electron chi connectivity index (χ1n) is 7.09. The predicted molar refractivity (Wildman–Crippen MR) is 77.7 cm³/mol. The van der Waals surface area contributed by atoms with E-state index in [1.54, 1.807) is 18.2 Å².